The van der Waals surface area contributed by atoms with Crippen molar-refractivity contribution in [3.8, 4) is 5.75 Å². The molecule has 3 rings (SSSR count). The van der Waals surface area contributed by atoms with Crippen molar-refractivity contribution in [1.29, 1.82) is 0 Å². The molecule has 0 radical (unpaired) electrons. The summed E-state index contributed by atoms with van der Waals surface area (Å²) >= 11 is 0. The van der Waals surface area contributed by atoms with Crippen LogP contribution in [-0.4, -0.2) is 61.6 Å². The summed E-state index contributed by atoms with van der Waals surface area (Å²) in [5.74, 6) is 0.508. The Morgan fingerprint density at radius 3 is 2.65 bits per heavy atom. The van der Waals surface area contributed by atoms with E-state index in [2.05, 4.69) is 15.6 Å². The number of likely N-dealkylation sites (tertiary alicyclic amines) is 1. The van der Waals surface area contributed by atoms with E-state index < -0.39 is 0 Å². The molecule has 2 amide bonds. The number of amides is 2. The average molecular weight is 358 g/mol. The Kier molecular flexibility index (Phi) is 6.12. The van der Waals surface area contributed by atoms with Crippen LogP contribution in [0, 0.1) is 0 Å². The van der Waals surface area contributed by atoms with Crippen molar-refractivity contribution in [3.05, 3.63) is 35.9 Å². The first-order valence-electron chi connectivity index (χ1n) is 9.06. The monoisotopic (exact) mass is 358 g/mol. The van der Waals surface area contributed by atoms with Gasteiger partial charge in [0.25, 0.3) is 0 Å². The largest absolute Gasteiger partial charge is 0.497 e. The van der Waals surface area contributed by atoms with Crippen LogP contribution in [0.25, 0.3) is 5.70 Å². The zero-order chi connectivity index (χ0) is 18.4. The van der Waals surface area contributed by atoms with Gasteiger partial charge in [0.15, 0.2) is 0 Å². The Labute approximate surface area is 154 Å². The third-order valence-electron chi connectivity index (χ3n) is 4.69. The van der Waals surface area contributed by atoms with E-state index in [-0.39, 0.29) is 24.8 Å². The second kappa shape index (κ2) is 8.71. The van der Waals surface area contributed by atoms with Crippen LogP contribution >= 0.6 is 0 Å². The van der Waals surface area contributed by atoms with Gasteiger partial charge in [-0.25, -0.2) is 5.01 Å². The Morgan fingerprint density at radius 1 is 1.23 bits per heavy atom. The van der Waals surface area contributed by atoms with Crippen LogP contribution in [0.5, 0.6) is 5.75 Å². The van der Waals surface area contributed by atoms with Gasteiger partial charge in [-0.2, -0.15) is 0 Å². The summed E-state index contributed by atoms with van der Waals surface area (Å²) in [5, 5.41) is 4.28. The van der Waals surface area contributed by atoms with Crippen molar-refractivity contribution >= 4 is 17.5 Å². The summed E-state index contributed by atoms with van der Waals surface area (Å²) in [6.07, 6.45) is 4.59. The van der Waals surface area contributed by atoms with Crippen LogP contribution < -0.4 is 15.5 Å². The Hall–Kier alpha value is -2.54. The summed E-state index contributed by atoms with van der Waals surface area (Å²) in [6, 6.07) is 7.57. The van der Waals surface area contributed by atoms with Gasteiger partial charge >= 0.3 is 0 Å². The molecule has 2 aliphatic rings. The minimum atomic E-state index is -0.152. The highest BCUT2D eigenvalue weighted by Crippen LogP contribution is 2.20. The molecule has 1 aromatic rings. The van der Waals surface area contributed by atoms with E-state index in [0.29, 0.717) is 6.54 Å². The van der Waals surface area contributed by atoms with Gasteiger partial charge in [0.2, 0.25) is 11.8 Å². The van der Waals surface area contributed by atoms with E-state index in [0.717, 1.165) is 36.6 Å². The SMILES string of the molecule is COc1ccc(C2=CCC(=O)N(CC(=O)NCCN3CCCC3)N2)cc1. The summed E-state index contributed by atoms with van der Waals surface area (Å²) < 4.78 is 5.16. The lowest BCUT2D eigenvalue weighted by Crippen LogP contribution is -2.49. The topological polar surface area (TPSA) is 73.9 Å². The molecule has 1 saturated heterocycles. The van der Waals surface area contributed by atoms with Gasteiger partial charge in [-0.05, 0) is 61.8 Å². The van der Waals surface area contributed by atoms with Crippen molar-refractivity contribution in [3.63, 3.8) is 0 Å². The smallest absolute Gasteiger partial charge is 0.245 e. The first-order chi connectivity index (χ1) is 12.7. The molecule has 0 saturated carbocycles. The molecule has 0 atom stereocenters. The lowest BCUT2D eigenvalue weighted by Gasteiger charge is -2.29. The Bertz CT molecular complexity index is 666. The van der Waals surface area contributed by atoms with E-state index in [1.165, 1.54) is 17.9 Å². The van der Waals surface area contributed by atoms with E-state index in [9.17, 15) is 9.59 Å². The molecule has 7 nitrogen and oxygen atoms in total. The van der Waals surface area contributed by atoms with Crippen LogP contribution in [0.4, 0.5) is 0 Å². The third kappa shape index (κ3) is 4.76. The molecule has 0 bridgehead atoms. The first-order valence-corrected chi connectivity index (χ1v) is 9.06. The maximum Gasteiger partial charge on any atom is 0.245 e. The predicted octanol–water partition coefficient (Wildman–Crippen LogP) is 0.985. The summed E-state index contributed by atoms with van der Waals surface area (Å²) in [7, 11) is 1.62. The number of benzene rings is 1. The fourth-order valence-corrected chi connectivity index (χ4v) is 3.19. The minimum Gasteiger partial charge on any atom is -0.497 e. The molecule has 1 aromatic carbocycles. The van der Waals surface area contributed by atoms with Crippen LogP contribution in [0.2, 0.25) is 0 Å². The number of hydrazine groups is 1. The molecular weight excluding hydrogens is 332 g/mol. The second-order valence-electron chi connectivity index (χ2n) is 6.54. The highest BCUT2D eigenvalue weighted by atomic mass is 16.5. The minimum absolute atomic E-state index is 0.00628. The lowest BCUT2D eigenvalue weighted by molar-refractivity contribution is -0.137. The quantitative estimate of drug-likeness (QED) is 0.760. The molecule has 26 heavy (non-hydrogen) atoms. The average Bonchev–Trinajstić information content (AvgIpc) is 3.17. The van der Waals surface area contributed by atoms with Crippen LogP contribution in [0.3, 0.4) is 0 Å². The van der Waals surface area contributed by atoms with Crippen molar-refractivity contribution in [2.24, 2.45) is 0 Å². The molecule has 2 heterocycles. The van der Waals surface area contributed by atoms with E-state index in [1.807, 2.05) is 30.3 Å². The summed E-state index contributed by atoms with van der Waals surface area (Å²) in [6.45, 7) is 3.70. The number of nitrogens with one attached hydrogen (secondary N) is 2. The number of carbonyl (C=O) groups excluding carboxylic acids is 2. The molecule has 1 fully saturated rings. The van der Waals surface area contributed by atoms with E-state index >= 15 is 0 Å². The van der Waals surface area contributed by atoms with Crippen molar-refractivity contribution in [2.75, 3.05) is 39.8 Å². The number of nitrogens with zero attached hydrogens (tertiary/aromatic N) is 2. The molecule has 0 spiro atoms. The Morgan fingerprint density at radius 2 is 1.96 bits per heavy atom. The van der Waals surface area contributed by atoms with E-state index in [1.54, 1.807) is 7.11 Å². The second-order valence-corrected chi connectivity index (χ2v) is 6.54. The molecule has 2 aliphatic heterocycles. The molecule has 0 aromatic heterocycles. The van der Waals surface area contributed by atoms with Crippen LogP contribution in [0.1, 0.15) is 24.8 Å². The number of hydrogen-bond acceptors (Lipinski definition) is 5. The molecule has 0 unspecified atom stereocenters. The van der Waals surface area contributed by atoms with Gasteiger partial charge in [-0.3, -0.25) is 15.0 Å². The van der Waals surface area contributed by atoms with Crippen LogP contribution in [-0.2, 0) is 9.59 Å². The summed E-state index contributed by atoms with van der Waals surface area (Å²) in [4.78, 5) is 26.6. The van der Waals surface area contributed by atoms with Crippen molar-refractivity contribution < 1.29 is 14.3 Å². The number of rotatable bonds is 7. The number of hydrogen-bond donors (Lipinski definition) is 2. The molecule has 2 N–H and O–H groups in total. The van der Waals surface area contributed by atoms with Crippen molar-refractivity contribution in [1.82, 2.24) is 20.7 Å². The molecule has 140 valence electrons. The zero-order valence-corrected chi connectivity index (χ0v) is 15.2. The maximum atomic E-state index is 12.2. The van der Waals surface area contributed by atoms with Gasteiger partial charge in [0, 0.05) is 19.5 Å². The summed E-state index contributed by atoms with van der Waals surface area (Å²) in [5.41, 5.74) is 4.81. The fraction of sp³-hybridized carbons (Fsp3) is 0.474. The standard InChI is InChI=1S/C19H26N4O3/c1-26-16-6-4-15(5-7-16)17-8-9-19(25)23(21-17)14-18(24)20-10-13-22-11-2-3-12-22/h4-8,21H,2-3,9-14H2,1H3,(H,20,24). The number of ether oxygens (including phenoxy) is 1. The highest BCUT2D eigenvalue weighted by molar-refractivity contribution is 5.88. The van der Waals surface area contributed by atoms with Gasteiger partial charge < -0.3 is 15.0 Å². The maximum absolute atomic E-state index is 12.2. The lowest BCUT2D eigenvalue weighted by atomic mass is 10.1. The van der Waals surface area contributed by atoms with Gasteiger partial charge in [0.05, 0.1) is 12.8 Å². The highest BCUT2D eigenvalue weighted by Gasteiger charge is 2.22. The van der Waals surface area contributed by atoms with Crippen molar-refractivity contribution in [2.45, 2.75) is 19.3 Å². The number of carbonyl (C=O) groups is 2. The van der Waals surface area contributed by atoms with Crippen LogP contribution in [0.15, 0.2) is 30.3 Å². The van der Waals surface area contributed by atoms with Gasteiger partial charge in [-0.1, -0.05) is 0 Å². The molecule has 0 aliphatic carbocycles. The van der Waals surface area contributed by atoms with Gasteiger partial charge in [0.1, 0.15) is 12.3 Å². The fourth-order valence-electron chi connectivity index (χ4n) is 3.19. The zero-order valence-electron chi connectivity index (χ0n) is 15.2. The predicted molar refractivity (Wildman–Crippen MR) is 99.1 cm³/mol. The Balaban J connectivity index is 1.50. The van der Waals surface area contributed by atoms with Gasteiger partial charge in [-0.15, -0.1) is 0 Å². The number of methoxy groups -OCH3 is 1. The first kappa shape index (κ1) is 18.3. The molecule has 7 heteroatoms. The molecular formula is C19H26N4O3. The third-order valence-corrected chi connectivity index (χ3v) is 4.69. The van der Waals surface area contributed by atoms with E-state index in [4.69, 9.17) is 4.74 Å². The normalized spacial score (nSPS) is 17.7.